The van der Waals surface area contributed by atoms with Gasteiger partial charge in [-0.15, -0.1) is 0 Å². The topological polar surface area (TPSA) is 50.8 Å². The third-order valence-corrected chi connectivity index (χ3v) is 6.57. The third kappa shape index (κ3) is 6.01. The Hall–Kier alpha value is -2.53. The Morgan fingerprint density at radius 1 is 1.16 bits per heavy atom. The Morgan fingerprint density at radius 3 is 2.74 bits per heavy atom. The highest BCUT2D eigenvalue weighted by molar-refractivity contribution is 5.79. The van der Waals surface area contributed by atoms with Crippen molar-refractivity contribution in [2.24, 2.45) is 11.8 Å². The molecule has 0 aliphatic carbocycles. The summed E-state index contributed by atoms with van der Waals surface area (Å²) in [5.41, 5.74) is 2.50. The maximum Gasteiger partial charge on any atom is 0.226 e. The minimum Gasteiger partial charge on any atom is -0.497 e. The zero-order chi connectivity index (χ0) is 21.5. The van der Waals surface area contributed by atoms with Crippen LogP contribution in [0.4, 0.5) is 0 Å². The Kier molecular flexibility index (Phi) is 7.47. The molecule has 5 nitrogen and oxygen atoms in total. The number of nitrogens with one attached hydrogen (secondary N) is 1. The van der Waals surface area contributed by atoms with Gasteiger partial charge in [-0.1, -0.05) is 30.3 Å². The summed E-state index contributed by atoms with van der Waals surface area (Å²) in [4.78, 5) is 15.1. The van der Waals surface area contributed by atoms with E-state index in [1.165, 1.54) is 37.9 Å². The van der Waals surface area contributed by atoms with Crippen LogP contribution in [-0.4, -0.2) is 50.7 Å². The summed E-state index contributed by atoms with van der Waals surface area (Å²) in [6.45, 7) is 4.56. The van der Waals surface area contributed by atoms with Gasteiger partial charge in [0.1, 0.15) is 18.1 Å². The molecule has 2 aliphatic rings. The summed E-state index contributed by atoms with van der Waals surface area (Å²) < 4.78 is 11.1. The van der Waals surface area contributed by atoms with Crippen LogP contribution in [0.2, 0.25) is 0 Å². The molecule has 0 radical (unpaired) electrons. The smallest absolute Gasteiger partial charge is 0.226 e. The second kappa shape index (κ2) is 10.7. The van der Waals surface area contributed by atoms with Gasteiger partial charge < -0.3 is 19.7 Å². The number of amides is 1. The highest BCUT2D eigenvalue weighted by Crippen LogP contribution is 2.30. The number of carbonyl (C=O) groups excluding carboxylic acids is 1. The van der Waals surface area contributed by atoms with E-state index in [1.54, 1.807) is 7.11 Å². The van der Waals surface area contributed by atoms with E-state index in [0.717, 1.165) is 42.5 Å². The Bertz CT molecular complexity index is 847. The SMILES string of the molecule is COc1ccc2c(c1)CC(C(=O)NCCCN1CCC(Cc3ccccc3)CC1)CO2. The van der Waals surface area contributed by atoms with Crippen molar-refractivity contribution in [1.82, 2.24) is 10.2 Å². The van der Waals surface area contributed by atoms with Gasteiger partial charge in [0.2, 0.25) is 5.91 Å². The van der Waals surface area contributed by atoms with Crippen LogP contribution in [0, 0.1) is 11.8 Å². The summed E-state index contributed by atoms with van der Waals surface area (Å²) in [7, 11) is 1.65. The first-order chi connectivity index (χ1) is 15.2. The summed E-state index contributed by atoms with van der Waals surface area (Å²) in [6.07, 6.45) is 5.43. The van der Waals surface area contributed by atoms with Gasteiger partial charge in [0.25, 0.3) is 0 Å². The van der Waals surface area contributed by atoms with Crippen LogP contribution < -0.4 is 14.8 Å². The fourth-order valence-electron chi connectivity index (χ4n) is 4.69. The van der Waals surface area contributed by atoms with Gasteiger partial charge in [-0.2, -0.15) is 0 Å². The van der Waals surface area contributed by atoms with Crippen molar-refractivity contribution in [1.29, 1.82) is 0 Å². The summed E-state index contributed by atoms with van der Waals surface area (Å²) in [6, 6.07) is 16.6. The average Bonchev–Trinajstić information content (AvgIpc) is 2.82. The molecule has 1 saturated heterocycles. The molecule has 166 valence electrons. The van der Waals surface area contributed by atoms with Gasteiger partial charge in [-0.05, 0) is 87.0 Å². The number of piperidine rings is 1. The summed E-state index contributed by atoms with van der Waals surface area (Å²) in [5, 5.41) is 3.12. The fourth-order valence-corrected chi connectivity index (χ4v) is 4.69. The Morgan fingerprint density at radius 2 is 1.97 bits per heavy atom. The first-order valence-corrected chi connectivity index (χ1v) is 11.5. The fraction of sp³-hybridized carbons (Fsp3) is 0.500. The van der Waals surface area contributed by atoms with E-state index in [0.29, 0.717) is 13.0 Å². The average molecular weight is 423 g/mol. The number of rotatable bonds is 8. The normalized spacial score (nSPS) is 19.3. The molecule has 1 unspecified atom stereocenters. The molecule has 1 atom stereocenters. The lowest BCUT2D eigenvalue weighted by molar-refractivity contribution is -0.126. The van der Waals surface area contributed by atoms with E-state index in [2.05, 4.69) is 40.5 Å². The van der Waals surface area contributed by atoms with Crippen LogP contribution in [0.5, 0.6) is 11.5 Å². The molecule has 2 aromatic rings. The minimum absolute atomic E-state index is 0.0926. The van der Waals surface area contributed by atoms with E-state index >= 15 is 0 Å². The van der Waals surface area contributed by atoms with Crippen molar-refractivity contribution in [3.8, 4) is 11.5 Å². The highest BCUT2D eigenvalue weighted by atomic mass is 16.5. The number of methoxy groups -OCH3 is 1. The number of fused-ring (bicyclic) bond motifs is 1. The van der Waals surface area contributed by atoms with E-state index in [-0.39, 0.29) is 11.8 Å². The molecule has 0 bridgehead atoms. The standard InChI is InChI=1S/C26H34N2O3/c1-30-24-8-9-25-22(18-24)17-23(19-31-25)26(29)27-12-5-13-28-14-10-21(11-15-28)16-20-6-3-2-4-7-20/h2-4,6-9,18,21,23H,5,10-17,19H2,1H3,(H,27,29). The van der Waals surface area contributed by atoms with Gasteiger partial charge in [0, 0.05) is 6.54 Å². The van der Waals surface area contributed by atoms with Crippen LogP contribution in [-0.2, 0) is 17.6 Å². The molecule has 4 rings (SSSR count). The van der Waals surface area contributed by atoms with Crippen LogP contribution in [0.1, 0.15) is 30.4 Å². The molecule has 0 spiro atoms. The van der Waals surface area contributed by atoms with Gasteiger partial charge in [0.05, 0.1) is 13.0 Å². The molecule has 0 saturated carbocycles. The quantitative estimate of drug-likeness (QED) is 0.659. The van der Waals surface area contributed by atoms with Crippen molar-refractivity contribution >= 4 is 5.91 Å². The predicted molar refractivity (Wildman–Crippen MR) is 123 cm³/mol. The van der Waals surface area contributed by atoms with Gasteiger partial charge in [-0.3, -0.25) is 4.79 Å². The lowest BCUT2D eigenvalue weighted by atomic mass is 9.90. The zero-order valence-corrected chi connectivity index (χ0v) is 18.5. The molecule has 1 amide bonds. The van der Waals surface area contributed by atoms with Crippen LogP contribution in [0.3, 0.4) is 0 Å². The maximum atomic E-state index is 12.6. The summed E-state index contributed by atoms with van der Waals surface area (Å²) in [5.74, 6) is 2.42. The molecule has 5 heteroatoms. The molecule has 2 aromatic carbocycles. The predicted octanol–water partition coefficient (Wildman–Crippen LogP) is 3.71. The van der Waals surface area contributed by atoms with Crippen LogP contribution in [0.25, 0.3) is 0 Å². The number of ether oxygens (including phenoxy) is 2. The highest BCUT2D eigenvalue weighted by Gasteiger charge is 2.26. The largest absolute Gasteiger partial charge is 0.497 e. The third-order valence-electron chi connectivity index (χ3n) is 6.57. The molecule has 1 N–H and O–H groups in total. The molecule has 1 fully saturated rings. The molecule has 0 aromatic heterocycles. The first kappa shape index (κ1) is 21.7. The van der Waals surface area contributed by atoms with E-state index in [4.69, 9.17) is 9.47 Å². The van der Waals surface area contributed by atoms with Crippen molar-refractivity contribution in [2.45, 2.75) is 32.1 Å². The molecular weight excluding hydrogens is 388 g/mol. The number of nitrogens with zero attached hydrogens (tertiary/aromatic N) is 1. The Labute approximate surface area is 185 Å². The van der Waals surface area contributed by atoms with E-state index in [9.17, 15) is 4.79 Å². The minimum atomic E-state index is -0.131. The number of benzene rings is 2. The maximum absolute atomic E-state index is 12.6. The molecule has 2 aliphatic heterocycles. The lowest BCUT2D eigenvalue weighted by Gasteiger charge is -2.32. The second-order valence-corrected chi connectivity index (χ2v) is 8.81. The monoisotopic (exact) mass is 422 g/mol. The van der Waals surface area contributed by atoms with Crippen molar-refractivity contribution in [3.63, 3.8) is 0 Å². The van der Waals surface area contributed by atoms with Crippen LogP contribution in [0.15, 0.2) is 48.5 Å². The van der Waals surface area contributed by atoms with Gasteiger partial charge in [0.15, 0.2) is 0 Å². The van der Waals surface area contributed by atoms with E-state index < -0.39 is 0 Å². The van der Waals surface area contributed by atoms with Crippen molar-refractivity contribution < 1.29 is 14.3 Å². The van der Waals surface area contributed by atoms with Crippen LogP contribution >= 0.6 is 0 Å². The van der Waals surface area contributed by atoms with Gasteiger partial charge in [-0.25, -0.2) is 0 Å². The van der Waals surface area contributed by atoms with E-state index in [1.807, 2.05) is 18.2 Å². The van der Waals surface area contributed by atoms with Gasteiger partial charge >= 0.3 is 0 Å². The zero-order valence-electron chi connectivity index (χ0n) is 18.5. The Balaban J connectivity index is 1.13. The van der Waals surface area contributed by atoms with Crippen molar-refractivity contribution in [3.05, 3.63) is 59.7 Å². The molecule has 31 heavy (non-hydrogen) atoms. The molecule has 2 heterocycles. The number of hydrogen-bond acceptors (Lipinski definition) is 4. The lowest BCUT2D eigenvalue weighted by Crippen LogP contribution is -2.39. The first-order valence-electron chi connectivity index (χ1n) is 11.5. The number of hydrogen-bond donors (Lipinski definition) is 1. The summed E-state index contributed by atoms with van der Waals surface area (Å²) >= 11 is 0. The number of carbonyl (C=O) groups is 1. The molecular formula is C26H34N2O3. The number of likely N-dealkylation sites (tertiary alicyclic amines) is 1. The second-order valence-electron chi connectivity index (χ2n) is 8.81. The van der Waals surface area contributed by atoms with Crippen molar-refractivity contribution in [2.75, 3.05) is 39.9 Å².